The maximum Gasteiger partial charge on any atom is 0.245 e. The predicted molar refractivity (Wildman–Crippen MR) is 111 cm³/mol. The summed E-state index contributed by atoms with van der Waals surface area (Å²) >= 11 is 12.1. The van der Waals surface area contributed by atoms with Gasteiger partial charge >= 0.3 is 0 Å². The second kappa shape index (κ2) is 7.76. The highest BCUT2D eigenvalue weighted by Gasteiger charge is 2.24. The van der Waals surface area contributed by atoms with Gasteiger partial charge in [-0.25, -0.2) is 8.42 Å². The molecule has 0 saturated carbocycles. The van der Waals surface area contributed by atoms with Crippen LogP contribution in [0.15, 0.2) is 60.7 Å². The van der Waals surface area contributed by atoms with E-state index in [-0.39, 0.29) is 15.7 Å². The van der Waals surface area contributed by atoms with Gasteiger partial charge in [-0.1, -0.05) is 59.6 Å². The van der Waals surface area contributed by atoms with Crippen molar-refractivity contribution in [3.8, 4) is 0 Å². The summed E-state index contributed by atoms with van der Waals surface area (Å²) in [6, 6.07) is 17.8. The van der Waals surface area contributed by atoms with Gasteiger partial charge in [-0.05, 0) is 35.0 Å². The molecule has 0 aromatic heterocycles. The van der Waals surface area contributed by atoms with Crippen LogP contribution in [0.3, 0.4) is 0 Å². The van der Waals surface area contributed by atoms with Crippen LogP contribution in [-0.2, 0) is 14.8 Å². The molecule has 0 unspecified atom stereocenters. The summed E-state index contributed by atoms with van der Waals surface area (Å²) < 4.78 is 25.3. The van der Waals surface area contributed by atoms with Gasteiger partial charge in [0.15, 0.2) is 0 Å². The fourth-order valence-electron chi connectivity index (χ4n) is 2.66. The molecule has 0 aliphatic heterocycles. The Morgan fingerprint density at radius 3 is 2.41 bits per heavy atom. The maximum absolute atomic E-state index is 12.5. The summed E-state index contributed by atoms with van der Waals surface area (Å²) in [5.74, 6) is -0.494. The summed E-state index contributed by atoms with van der Waals surface area (Å²) in [4.78, 5) is 12.5. The van der Waals surface area contributed by atoms with Crippen molar-refractivity contribution in [2.24, 2.45) is 0 Å². The van der Waals surface area contributed by atoms with Gasteiger partial charge in [-0.3, -0.25) is 9.10 Å². The minimum atomic E-state index is -3.75. The maximum atomic E-state index is 12.5. The van der Waals surface area contributed by atoms with E-state index in [1.807, 2.05) is 36.4 Å². The fourth-order valence-corrected chi connectivity index (χ4v) is 3.97. The van der Waals surface area contributed by atoms with Crippen LogP contribution in [0.5, 0.6) is 0 Å². The van der Waals surface area contributed by atoms with Gasteiger partial charge < -0.3 is 5.32 Å². The van der Waals surface area contributed by atoms with E-state index < -0.39 is 22.5 Å². The number of sulfonamides is 1. The van der Waals surface area contributed by atoms with E-state index in [0.29, 0.717) is 5.69 Å². The van der Waals surface area contributed by atoms with E-state index in [1.54, 1.807) is 18.2 Å². The Kier molecular flexibility index (Phi) is 5.60. The molecule has 0 saturated heterocycles. The highest BCUT2D eigenvalue weighted by Crippen LogP contribution is 2.33. The number of amides is 1. The standard InChI is InChI=1S/C19H16Cl2N2O3S/c1-27(25,26)23(17-8-4-7-16(20)19(17)21)12-18(24)22-15-10-9-13-5-2-3-6-14(13)11-15/h2-11H,12H2,1H3,(H,22,24). The molecule has 0 aliphatic carbocycles. The Morgan fingerprint density at radius 1 is 1.00 bits per heavy atom. The van der Waals surface area contributed by atoms with E-state index in [9.17, 15) is 13.2 Å². The lowest BCUT2D eigenvalue weighted by molar-refractivity contribution is -0.114. The zero-order valence-corrected chi connectivity index (χ0v) is 16.6. The van der Waals surface area contributed by atoms with Crippen molar-refractivity contribution in [3.05, 3.63) is 70.7 Å². The number of benzene rings is 3. The van der Waals surface area contributed by atoms with E-state index in [1.165, 1.54) is 6.07 Å². The molecule has 140 valence electrons. The first-order chi connectivity index (χ1) is 12.8. The predicted octanol–water partition coefficient (Wildman–Crippen LogP) is 4.55. The van der Waals surface area contributed by atoms with Crippen LogP contribution in [0.2, 0.25) is 10.0 Å². The fraction of sp³-hybridized carbons (Fsp3) is 0.105. The van der Waals surface area contributed by atoms with Crippen LogP contribution in [0.25, 0.3) is 10.8 Å². The molecule has 3 aromatic rings. The molecule has 0 radical (unpaired) electrons. The van der Waals surface area contributed by atoms with E-state index in [4.69, 9.17) is 23.2 Å². The Balaban J connectivity index is 1.85. The van der Waals surface area contributed by atoms with E-state index >= 15 is 0 Å². The molecule has 0 bridgehead atoms. The number of carbonyl (C=O) groups excluding carboxylic acids is 1. The Hall–Kier alpha value is -2.28. The zero-order valence-electron chi connectivity index (χ0n) is 14.3. The first-order valence-electron chi connectivity index (χ1n) is 7.96. The highest BCUT2D eigenvalue weighted by molar-refractivity contribution is 7.92. The Morgan fingerprint density at radius 2 is 1.70 bits per heavy atom. The van der Waals surface area contributed by atoms with Crippen LogP contribution in [-0.4, -0.2) is 27.1 Å². The van der Waals surface area contributed by atoms with Crippen LogP contribution in [0.4, 0.5) is 11.4 Å². The number of carbonyl (C=O) groups is 1. The Bertz CT molecular complexity index is 1120. The largest absolute Gasteiger partial charge is 0.324 e. The van der Waals surface area contributed by atoms with Crippen LogP contribution in [0.1, 0.15) is 0 Å². The Labute approximate surface area is 167 Å². The van der Waals surface area contributed by atoms with E-state index in [0.717, 1.165) is 21.3 Å². The average molecular weight is 423 g/mol. The van der Waals surface area contributed by atoms with Gasteiger partial charge in [0.2, 0.25) is 15.9 Å². The number of nitrogens with zero attached hydrogens (tertiary/aromatic N) is 1. The molecule has 0 heterocycles. The lowest BCUT2D eigenvalue weighted by Crippen LogP contribution is -2.37. The van der Waals surface area contributed by atoms with Crippen molar-refractivity contribution in [2.45, 2.75) is 0 Å². The number of halogens is 2. The number of fused-ring (bicyclic) bond motifs is 1. The smallest absolute Gasteiger partial charge is 0.245 e. The SMILES string of the molecule is CS(=O)(=O)N(CC(=O)Nc1ccc2ccccc2c1)c1cccc(Cl)c1Cl. The van der Waals surface area contributed by atoms with Gasteiger partial charge in [-0.15, -0.1) is 0 Å². The lowest BCUT2D eigenvalue weighted by atomic mass is 10.1. The van der Waals surface area contributed by atoms with Gasteiger partial charge in [0.25, 0.3) is 0 Å². The summed E-state index contributed by atoms with van der Waals surface area (Å²) in [6.45, 7) is -0.425. The summed E-state index contributed by atoms with van der Waals surface area (Å²) in [5, 5.41) is 5.00. The molecular weight excluding hydrogens is 407 g/mol. The second-order valence-corrected chi connectivity index (χ2v) is 8.64. The summed E-state index contributed by atoms with van der Waals surface area (Å²) in [6.07, 6.45) is 1.01. The number of nitrogens with one attached hydrogen (secondary N) is 1. The van der Waals surface area contributed by atoms with Gasteiger partial charge in [0, 0.05) is 5.69 Å². The minimum Gasteiger partial charge on any atom is -0.324 e. The monoisotopic (exact) mass is 422 g/mol. The van der Waals surface area contributed by atoms with Gasteiger partial charge in [0.05, 0.1) is 22.0 Å². The number of hydrogen-bond donors (Lipinski definition) is 1. The molecule has 5 nitrogen and oxygen atoms in total. The highest BCUT2D eigenvalue weighted by atomic mass is 35.5. The summed E-state index contributed by atoms with van der Waals surface area (Å²) in [5.41, 5.74) is 0.727. The average Bonchev–Trinajstić information content (AvgIpc) is 2.61. The van der Waals surface area contributed by atoms with E-state index in [2.05, 4.69) is 5.32 Å². The molecule has 0 spiro atoms. The molecule has 27 heavy (non-hydrogen) atoms. The molecule has 1 N–H and O–H groups in total. The molecular formula is C19H16Cl2N2O3S. The molecule has 1 amide bonds. The molecule has 3 rings (SSSR count). The second-order valence-electron chi connectivity index (χ2n) is 5.95. The van der Waals surface area contributed by atoms with Crippen molar-refractivity contribution in [1.29, 1.82) is 0 Å². The molecule has 0 atom stereocenters. The lowest BCUT2D eigenvalue weighted by Gasteiger charge is -2.23. The molecule has 3 aromatic carbocycles. The topological polar surface area (TPSA) is 66.5 Å². The minimum absolute atomic E-state index is 0.0723. The number of rotatable bonds is 5. The van der Waals surface area contributed by atoms with Crippen molar-refractivity contribution < 1.29 is 13.2 Å². The van der Waals surface area contributed by atoms with Gasteiger partial charge in [0.1, 0.15) is 6.54 Å². The third-order valence-electron chi connectivity index (χ3n) is 3.92. The van der Waals surface area contributed by atoms with Crippen molar-refractivity contribution >= 4 is 61.3 Å². The van der Waals surface area contributed by atoms with Gasteiger partial charge in [-0.2, -0.15) is 0 Å². The van der Waals surface area contributed by atoms with Crippen molar-refractivity contribution in [1.82, 2.24) is 0 Å². The van der Waals surface area contributed by atoms with Crippen molar-refractivity contribution in [2.75, 3.05) is 22.4 Å². The van der Waals surface area contributed by atoms with Crippen molar-refractivity contribution in [3.63, 3.8) is 0 Å². The third-order valence-corrected chi connectivity index (χ3v) is 5.86. The first kappa shape index (κ1) is 19.5. The summed E-state index contributed by atoms with van der Waals surface area (Å²) in [7, 11) is -3.75. The molecule has 8 heteroatoms. The number of hydrogen-bond acceptors (Lipinski definition) is 3. The molecule has 0 fully saturated rings. The normalized spacial score (nSPS) is 11.4. The third kappa shape index (κ3) is 4.53. The molecule has 0 aliphatic rings. The first-order valence-corrected chi connectivity index (χ1v) is 10.6. The van der Waals surface area contributed by atoms with Crippen LogP contribution >= 0.6 is 23.2 Å². The van der Waals surface area contributed by atoms with Crippen LogP contribution < -0.4 is 9.62 Å². The van der Waals surface area contributed by atoms with Crippen LogP contribution in [0, 0.1) is 0 Å². The number of anilines is 2. The zero-order chi connectivity index (χ0) is 19.6. The quantitative estimate of drug-likeness (QED) is 0.655.